The molecule has 3 rings (SSSR count). The van der Waals surface area contributed by atoms with Gasteiger partial charge in [-0.2, -0.15) is 8.78 Å². The fourth-order valence-electron chi connectivity index (χ4n) is 3.56. The van der Waals surface area contributed by atoms with Crippen molar-refractivity contribution in [1.29, 1.82) is 0 Å². The molecule has 5 nitrogen and oxygen atoms in total. The fourth-order valence-corrected chi connectivity index (χ4v) is 3.87. The van der Waals surface area contributed by atoms with E-state index in [-0.39, 0.29) is 17.5 Å². The zero-order valence-corrected chi connectivity index (χ0v) is 21.3. The normalized spacial score (nSPS) is 12.7. The SMILES string of the molecule is CC(C)c1cc(OC(F)F)cc(C2CC2)c1CC=O.CN.CN(C)Cc1ccc(SN)c(F)c1. The van der Waals surface area contributed by atoms with Crippen molar-refractivity contribution in [3.8, 4) is 5.75 Å². The second-order valence-electron chi connectivity index (χ2n) is 8.38. The Kier molecular flexibility index (Phi) is 13.2. The third kappa shape index (κ3) is 9.66. The summed E-state index contributed by atoms with van der Waals surface area (Å²) in [6, 6.07) is 8.43. The number of hydrogen-bond donors (Lipinski definition) is 2. The maximum absolute atomic E-state index is 13.2. The molecule has 0 heterocycles. The van der Waals surface area contributed by atoms with E-state index in [1.165, 1.54) is 13.1 Å². The van der Waals surface area contributed by atoms with Crippen molar-refractivity contribution in [3.05, 3.63) is 58.4 Å². The van der Waals surface area contributed by atoms with Crippen LogP contribution in [0.15, 0.2) is 35.2 Å². The van der Waals surface area contributed by atoms with E-state index in [9.17, 15) is 18.0 Å². The monoisotopic (exact) mass is 499 g/mol. The van der Waals surface area contributed by atoms with E-state index in [4.69, 9.17) is 5.14 Å². The van der Waals surface area contributed by atoms with Gasteiger partial charge in [0.1, 0.15) is 17.9 Å². The molecule has 9 heteroatoms. The number of aldehydes is 1. The molecule has 1 saturated carbocycles. The van der Waals surface area contributed by atoms with Crippen LogP contribution in [0.3, 0.4) is 0 Å². The molecule has 4 N–H and O–H groups in total. The Bertz CT molecular complexity index is 884. The van der Waals surface area contributed by atoms with Crippen LogP contribution in [0.5, 0.6) is 5.75 Å². The number of hydrogen-bond acceptors (Lipinski definition) is 6. The largest absolute Gasteiger partial charge is 0.435 e. The average Bonchev–Trinajstić information content (AvgIpc) is 3.61. The van der Waals surface area contributed by atoms with Crippen LogP contribution in [0.25, 0.3) is 0 Å². The van der Waals surface area contributed by atoms with E-state index in [0.717, 1.165) is 59.9 Å². The number of carbonyl (C=O) groups is 1. The van der Waals surface area contributed by atoms with Crippen LogP contribution in [0, 0.1) is 5.82 Å². The van der Waals surface area contributed by atoms with Gasteiger partial charge in [0.05, 0.1) is 4.90 Å². The molecule has 0 amide bonds. The molecule has 190 valence electrons. The lowest BCUT2D eigenvalue weighted by molar-refractivity contribution is -0.107. The van der Waals surface area contributed by atoms with Gasteiger partial charge < -0.3 is 20.2 Å². The second-order valence-corrected chi connectivity index (χ2v) is 9.05. The van der Waals surface area contributed by atoms with Crippen molar-refractivity contribution in [2.24, 2.45) is 10.9 Å². The summed E-state index contributed by atoms with van der Waals surface area (Å²) in [6.07, 6.45) is 3.33. The standard InChI is InChI=1S/C15H18F2O2.C9H13FN2S.CH5N/c1-9(2)13-7-11(19-15(16)17)8-14(10-3-4-10)12(13)5-6-18;1-12(2)6-7-3-4-9(13-11)8(10)5-7;1-2/h6-10,15H,3-5H2,1-2H3;3-5H,6,11H2,1-2H3;2H2,1H3. The highest BCUT2D eigenvalue weighted by Gasteiger charge is 2.28. The maximum atomic E-state index is 13.2. The molecule has 0 spiro atoms. The zero-order chi connectivity index (χ0) is 25.8. The van der Waals surface area contributed by atoms with E-state index >= 15 is 0 Å². The molecular formula is C25H36F3N3O2S. The first-order valence-corrected chi connectivity index (χ1v) is 12.0. The number of benzene rings is 2. The first-order valence-electron chi connectivity index (χ1n) is 11.1. The van der Waals surface area contributed by atoms with Crippen molar-refractivity contribution < 1.29 is 22.7 Å². The molecule has 0 bridgehead atoms. The van der Waals surface area contributed by atoms with E-state index in [0.29, 0.717) is 17.2 Å². The summed E-state index contributed by atoms with van der Waals surface area (Å²) in [5.41, 5.74) is 8.40. The smallest absolute Gasteiger partial charge is 0.387 e. The predicted octanol–water partition coefficient (Wildman–Crippen LogP) is 5.46. The lowest BCUT2D eigenvalue weighted by atomic mass is 9.89. The number of nitrogens with two attached hydrogens (primary N) is 2. The Morgan fingerprint density at radius 1 is 1.18 bits per heavy atom. The van der Waals surface area contributed by atoms with Crippen molar-refractivity contribution in [1.82, 2.24) is 4.90 Å². The Morgan fingerprint density at radius 3 is 2.26 bits per heavy atom. The minimum Gasteiger partial charge on any atom is -0.435 e. The molecule has 0 aromatic heterocycles. The van der Waals surface area contributed by atoms with Gasteiger partial charge in [0.2, 0.25) is 0 Å². The summed E-state index contributed by atoms with van der Waals surface area (Å²) in [5, 5.41) is 5.27. The number of carbonyl (C=O) groups excluding carboxylic acids is 1. The van der Waals surface area contributed by atoms with Gasteiger partial charge in [-0.25, -0.2) is 4.39 Å². The highest BCUT2D eigenvalue weighted by molar-refractivity contribution is 7.97. The molecular weight excluding hydrogens is 463 g/mol. The highest BCUT2D eigenvalue weighted by atomic mass is 32.2. The summed E-state index contributed by atoms with van der Waals surface area (Å²) in [4.78, 5) is 13.3. The second kappa shape index (κ2) is 15.0. The molecule has 34 heavy (non-hydrogen) atoms. The van der Waals surface area contributed by atoms with Crippen LogP contribution in [-0.2, 0) is 17.8 Å². The van der Waals surface area contributed by atoms with E-state index in [1.807, 2.05) is 38.9 Å². The van der Waals surface area contributed by atoms with E-state index in [2.05, 4.69) is 10.5 Å². The summed E-state index contributed by atoms with van der Waals surface area (Å²) in [6.45, 7) is 1.91. The van der Waals surface area contributed by atoms with Crippen molar-refractivity contribution in [2.75, 3.05) is 21.1 Å². The molecule has 2 aromatic rings. The van der Waals surface area contributed by atoms with Crippen LogP contribution in [0.1, 0.15) is 60.8 Å². The quantitative estimate of drug-likeness (QED) is 0.352. The summed E-state index contributed by atoms with van der Waals surface area (Å²) >= 11 is 0.934. The molecule has 0 atom stereocenters. The number of ether oxygens (including phenoxy) is 1. The van der Waals surface area contributed by atoms with Gasteiger partial charge in [0, 0.05) is 13.0 Å². The number of rotatable bonds is 9. The first-order chi connectivity index (χ1) is 16.2. The lowest BCUT2D eigenvalue weighted by Crippen LogP contribution is -2.10. The van der Waals surface area contributed by atoms with Crippen LogP contribution < -0.4 is 15.6 Å². The van der Waals surface area contributed by atoms with E-state index in [1.54, 1.807) is 18.2 Å². The van der Waals surface area contributed by atoms with Gasteiger partial charge in [-0.3, -0.25) is 5.14 Å². The summed E-state index contributed by atoms with van der Waals surface area (Å²) in [7, 11) is 5.40. The van der Waals surface area contributed by atoms with Gasteiger partial charge in [-0.15, -0.1) is 0 Å². The summed E-state index contributed by atoms with van der Waals surface area (Å²) < 4.78 is 42.5. The lowest BCUT2D eigenvalue weighted by Gasteiger charge is -2.18. The van der Waals surface area contributed by atoms with Crippen LogP contribution in [0.4, 0.5) is 13.2 Å². The molecule has 1 aliphatic carbocycles. The Balaban J connectivity index is 0.000000337. The Labute approximate surface area is 205 Å². The van der Waals surface area contributed by atoms with Crippen LogP contribution >= 0.6 is 11.9 Å². The van der Waals surface area contributed by atoms with Gasteiger partial charge in [0.25, 0.3) is 0 Å². The first kappa shape index (κ1) is 30.0. The van der Waals surface area contributed by atoms with Gasteiger partial charge in [0.15, 0.2) is 0 Å². The van der Waals surface area contributed by atoms with Crippen molar-refractivity contribution >= 4 is 18.2 Å². The number of halogens is 3. The van der Waals surface area contributed by atoms with Crippen LogP contribution in [-0.4, -0.2) is 38.9 Å². The number of alkyl halides is 2. The molecule has 1 fully saturated rings. The van der Waals surface area contributed by atoms with Gasteiger partial charge in [-0.05, 0) is 104 Å². The molecule has 0 radical (unpaired) electrons. The van der Waals surface area contributed by atoms with Gasteiger partial charge in [-0.1, -0.05) is 19.9 Å². The molecule has 1 aliphatic rings. The minimum atomic E-state index is -2.82. The third-order valence-corrected chi connectivity index (χ3v) is 5.65. The van der Waals surface area contributed by atoms with Crippen LogP contribution in [0.2, 0.25) is 0 Å². The predicted molar refractivity (Wildman–Crippen MR) is 133 cm³/mol. The van der Waals surface area contributed by atoms with E-state index < -0.39 is 6.61 Å². The molecule has 0 saturated heterocycles. The Morgan fingerprint density at radius 2 is 1.82 bits per heavy atom. The van der Waals surface area contributed by atoms with Crippen molar-refractivity contribution in [3.63, 3.8) is 0 Å². The highest BCUT2D eigenvalue weighted by Crippen LogP contribution is 2.45. The molecule has 0 aliphatic heterocycles. The van der Waals surface area contributed by atoms with Crippen molar-refractivity contribution in [2.45, 2.75) is 63.0 Å². The zero-order valence-electron chi connectivity index (χ0n) is 20.5. The number of nitrogens with zero attached hydrogens (tertiary/aromatic N) is 1. The van der Waals surface area contributed by atoms with Gasteiger partial charge >= 0.3 is 6.61 Å². The third-order valence-electron chi connectivity index (χ3n) is 5.07. The molecule has 2 aromatic carbocycles. The fraction of sp³-hybridized carbons (Fsp3) is 0.480. The Hall–Kier alpha value is -2.07. The minimum absolute atomic E-state index is 0.175. The average molecular weight is 500 g/mol. The topological polar surface area (TPSA) is 81.6 Å². The molecule has 0 unspecified atom stereocenters. The summed E-state index contributed by atoms with van der Waals surface area (Å²) in [5.74, 6) is 0.532. The maximum Gasteiger partial charge on any atom is 0.387 e.